The topological polar surface area (TPSA) is 80.0 Å². The quantitative estimate of drug-likeness (QED) is 0.502. The minimum absolute atomic E-state index is 0.222. The van der Waals surface area contributed by atoms with Gasteiger partial charge < -0.3 is 9.73 Å². The first-order valence-electron chi connectivity index (χ1n) is 9.06. The van der Waals surface area contributed by atoms with Gasteiger partial charge in [-0.2, -0.15) is 4.98 Å². The number of hydrogen-bond acceptors (Lipinski definition) is 5. The van der Waals surface area contributed by atoms with E-state index in [4.69, 9.17) is 16.6 Å². The number of amides is 1. The summed E-state index contributed by atoms with van der Waals surface area (Å²) in [5.74, 6) is 0.305. The first kappa shape index (κ1) is 18.8. The van der Waals surface area contributed by atoms with Crippen LogP contribution in [0.1, 0.15) is 21.5 Å². The van der Waals surface area contributed by atoms with Crippen LogP contribution in [-0.2, 0) is 6.54 Å². The number of rotatable bonds is 4. The fourth-order valence-corrected chi connectivity index (χ4v) is 3.05. The highest BCUT2D eigenvalue weighted by molar-refractivity contribution is 7.80. The molecule has 6 nitrogen and oxygen atoms in total. The summed E-state index contributed by atoms with van der Waals surface area (Å²) in [7, 11) is 0. The Morgan fingerprint density at radius 3 is 2.62 bits per heavy atom. The van der Waals surface area contributed by atoms with Gasteiger partial charge in [-0.1, -0.05) is 30.3 Å². The molecule has 0 spiro atoms. The van der Waals surface area contributed by atoms with E-state index in [0.717, 1.165) is 16.7 Å². The van der Waals surface area contributed by atoms with Crippen LogP contribution in [-0.4, -0.2) is 21.0 Å². The van der Waals surface area contributed by atoms with Gasteiger partial charge in [0.15, 0.2) is 16.3 Å². The van der Waals surface area contributed by atoms with Crippen molar-refractivity contribution in [2.24, 2.45) is 0 Å². The third kappa shape index (κ3) is 4.30. The molecule has 1 amide bonds. The highest BCUT2D eigenvalue weighted by atomic mass is 32.1. The Morgan fingerprint density at radius 1 is 1.07 bits per heavy atom. The maximum atomic E-state index is 12.3. The van der Waals surface area contributed by atoms with Crippen molar-refractivity contribution in [3.63, 3.8) is 0 Å². The van der Waals surface area contributed by atoms with Crippen LogP contribution in [0.15, 0.2) is 71.3 Å². The molecule has 2 aromatic carbocycles. The summed E-state index contributed by atoms with van der Waals surface area (Å²) in [6, 6.07) is 18.8. The lowest BCUT2D eigenvalue weighted by atomic mass is 10.1. The SMILES string of the molecule is Cc1ccccc1C(=O)NC(=S)NCc1ccc(-c2nc3ncccc3o2)cc1. The Hall–Kier alpha value is -3.58. The van der Waals surface area contributed by atoms with Crippen molar-refractivity contribution in [1.29, 1.82) is 0 Å². The zero-order valence-electron chi connectivity index (χ0n) is 15.7. The van der Waals surface area contributed by atoms with Gasteiger partial charge in [0.1, 0.15) is 0 Å². The van der Waals surface area contributed by atoms with Crippen molar-refractivity contribution >= 4 is 34.5 Å². The third-order valence-corrected chi connectivity index (χ3v) is 4.68. The predicted molar refractivity (Wildman–Crippen MR) is 115 cm³/mol. The van der Waals surface area contributed by atoms with E-state index in [-0.39, 0.29) is 11.0 Å². The number of hydrogen-bond donors (Lipinski definition) is 2. The second-order valence-electron chi connectivity index (χ2n) is 6.49. The number of oxazole rings is 1. The predicted octanol–water partition coefficient (Wildman–Crippen LogP) is 4.00. The van der Waals surface area contributed by atoms with Gasteiger partial charge >= 0.3 is 0 Å². The Bertz CT molecular complexity index is 1150. The minimum atomic E-state index is -0.222. The molecule has 29 heavy (non-hydrogen) atoms. The number of aryl methyl sites for hydroxylation is 1. The minimum Gasteiger partial charge on any atom is -0.434 e. The number of pyridine rings is 1. The molecule has 0 saturated carbocycles. The maximum absolute atomic E-state index is 12.3. The Morgan fingerprint density at radius 2 is 1.86 bits per heavy atom. The van der Waals surface area contributed by atoms with E-state index >= 15 is 0 Å². The zero-order chi connectivity index (χ0) is 20.2. The van der Waals surface area contributed by atoms with E-state index in [0.29, 0.717) is 29.2 Å². The molecule has 0 atom stereocenters. The summed E-state index contributed by atoms with van der Waals surface area (Å²) in [4.78, 5) is 20.9. The van der Waals surface area contributed by atoms with Gasteiger partial charge in [0.25, 0.3) is 5.91 Å². The average molecular weight is 402 g/mol. The van der Waals surface area contributed by atoms with Crippen molar-refractivity contribution < 1.29 is 9.21 Å². The molecule has 0 saturated heterocycles. The van der Waals surface area contributed by atoms with Crippen LogP contribution in [0.5, 0.6) is 0 Å². The molecule has 2 heterocycles. The van der Waals surface area contributed by atoms with Gasteiger partial charge in [0, 0.05) is 23.9 Å². The monoisotopic (exact) mass is 402 g/mol. The number of nitrogens with zero attached hydrogens (tertiary/aromatic N) is 2. The summed E-state index contributed by atoms with van der Waals surface area (Å²) in [5, 5.41) is 6.04. The van der Waals surface area contributed by atoms with E-state index in [1.54, 1.807) is 12.3 Å². The van der Waals surface area contributed by atoms with Gasteiger partial charge in [0.2, 0.25) is 5.89 Å². The summed E-state index contributed by atoms with van der Waals surface area (Å²) >= 11 is 5.24. The molecule has 7 heteroatoms. The fraction of sp³-hybridized carbons (Fsp3) is 0.0909. The Labute approximate surface area is 173 Å². The van der Waals surface area contributed by atoms with E-state index in [1.807, 2.05) is 61.5 Å². The molecule has 0 aliphatic heterocycles. The number of thiocarbonyl (C=S) groups is 1. The molecule has 4 aromatic rings. The number of carbonyl (C=O) groups is 1. The normalized spacial score (nSPS) is 10.7. The van der Waals surface area contributed by atoms with Crippen LogP contribution in [0.2, 0.25) is 0 Å². The standard InChI is InChI=1S/C22H18N4O2S/c1-14-5-2-3-6-17(14)20(27)26-22(29)24-13-15-8-10-16(11-9-15)21-25-19-18(28-21)7-4-12-23-19/h2-12H,13H2,1H3,(H2,24,26,27,29). The average Bonchev–Trinajstić information content (AvgIpc) is 3.17. The van der Waals surface area contributed by atoms with Crippen LogP contribution in [0.3, 0.4) is 0 Å². The molecular formula is C22H18N4O2S. The van der Waals surface area contributed by atoms with Crippen molar-refractivity contribution in [3.8, 4) is 11.5 Å². The Balaban J connectivity index is 1.36. The number of benzene rings is 2. The highest BCUT2D eigenvalue weighted by Gasteiger charge is 2.11. The maximum Gasteiger partial charge on any atom is 0.257 e. The summed E-state index contributed by atoms with van der Waals surface area (Å²) in [6.07, 6.45) is 1.68. The van der Waals surface area contributed by atoms with Gasteiger partial charge in [-0.25, -0.2) is 4.98 Å². The van der Waals surface area contributed by atoms with E-state index in [2.05, 4.69) is 20.6 Å². The van der Waals surface area contributed by atoms with Gasteiger partial charge in [0.05, 0.1) is 0 Å². The Kier molecular flexibility index (Phi) is 5.31. The highest BCUT2D eigenvalue weighted by Crippen LogP contribution is 2.23. The van der Waals surface area contributed by atoms with E-state index < -0.39 is 0 Å². The van der Waals surface area contributed by atoms with Crippen molar-refractivity contribution in [3.05, 3.63) is 83.6 Å². The van der Waals surface area contributed by atoms with Crippen LogP contribution >= 0.6 is 12.2 Å². The fourth-order valence-electron chi connectivity index (χ4n) is 2.88. The third-order valence-electron chi connectivity index (χ3n) is 4.44. The van der Waals surface area contributed by atoms with Crippen LogP contribution in [0.4, 0.5) is 0 Å². The molecule has 0 radical (unpaired) electrons. The van der Waals surface area contributed by atoms with Crippen LogP contribution in [0.25, 0.3) is 22.7 Å². The molecular weight excluding hydrogens is 384 g/mol. The van der Waals surface area contributed by atoms with Crippen LogP contribution in [0, 0.1) is 6.92 Å². The lowest BCUT2D eigenvalue weighted by Crippen LogP contribution is -2.39. The molecule has 2 aromatic heterocycles. The smallest absolute Gasteiger partial charge is 0.257 e. The van der Waals surface area contributed by atoms with Crippen LogP contribution < -0.4 is 10.6 Å². The first-order chi connectivity index (χ1) is 14.1. The van der Waals surface area contributed by atoms with Crippen molar-refractivity contribution in [1.82, 2.24) is 20.6 Å². The molecule has 0 bridgehead atoms. The zero-order valence-corrected chi connectivity index (χ0v) is 16.5. The van der Waals surface area contributed by atoms with Gasteiger partial charge in [-0.05, 0) is 60.6 Å². The summed E-state index contributed by atoms with van der Waals surface area (Å²) < 4.78 is 5.73. The second kappa shape index (κ2) is 8.20. The molecule has 0 unspecified atom stereocenters. The van der Waals surface area contributed by atoms with Crippen molar-refractivity contribution in [2.45, 2.75) is 13.5 Å². The first-order valence-corrected chi connectivity index (χ1v) is 9.46. The number of fused-ring (bicyclic) bond motifs is 1. The molecule has 4 rings (SSSR count). The van der Waals surface area contributed by atoms with Crippen molar-refractivity contribution in [2.75, 3.05) is 0 Å². The summed E-state index contributed by atoms with van der Waals surface area (Å²) in [6.45, 7) is 2.38. The van der Waals surface area contributed by atoms with Gasteiger partial charge in [-0.3, -0.25) is 10.1 Å². The molecule has 0 aliphatic rings. The second-order valence-corrected chi connectivity index (χ2v) is 6.90. The summed E-state index contributed by atoms with van der Waals surface area (Å²) in [5.41, 5.74) is 4.62. The molecule has 0 fully saturated rings. The number of nitrogens with one attached hydrogen (secondary N) is 2. The molecule has 2 N–H and O–H groups in total. The largest absolute Gasteiger partial charge is 0.434 e. The number of carbonyl (C=O) groups excluding carboxylic acids is 1. The lowest BCUT2D eigenvalue weighted by molar-refractivity contribution is 0.0976. The number of aromatic nitrogens is 2. The van der Waals surface area contributed by atoms with Gasteiger partial charge in [-0.15, -0.1) is 0 Å². The molecule has 144 valence electrons. The van der Waals surface area contributed by atoms with E-state index in [1.165, 1.54) is 0 Å². The molecule has 0 aliphatic carbocycles. The van der Waals surface area contributed by atoms with E-state index in [9.17, 15) is 4.79 Å². The lowest BCUT2D eigenvalue weighted by Gasteiger charge is -2.11.